The van der Waals surface area contributed by atoms with E-state index in [1.54, 1.807) is 0 Å². The fourth-order valence-corrected chi connectivity index (χ4v) is 2.40. The van der Waals surface area contributed by atoms with Gasteiger partial charge in [-0.3, -0.25) is 0 Å². The molecule has 0 radical (unpaired) electrons. The molecule has 2 aromatic rings. The number of benzene rings is 1. The van der Waals surface area contributed by atoms with E-state index in [-0.39, 0.29) is 6.04 Å². The highest BCUT2D eigenvalue weighted by atomic mass is 35.5. The van der Waals surface area contributed by atoms with Gasteiger partial charge in [-0.15, -0.1) is 0 Å². The van der Waals surface area contributed by atoms with Crippen LogP contribution in [0.4, 0.5) is 0 Å². The Morgan fingerprint density at radius 3 is 2.50 bits per heavy atom. The van der Waals surface area contributed by atoms with Gasteiger partial charge in [-0.05, 0) is 38.5 Å². The summed E-state index contributed by atoms with van der Waals surface area (Å²) in [5.74, 6) is 0.805. The zero-order valence-corrected chi connectivity index (χ0v) is 12.8. The largest absolute Gasteiger partial charge is 0.389 e. The zero-order valence-electron chi connectivity index (χ0n) is 12.0. The standard InChI is InChI=1S/C15H20ClN3O/c1-11(2)19-14(17-10-18-19)9-15(3,20)8-12-4-6-13(16)7-5-12/h4-7,10-11,20H,8-9H2,1-3H3. The molecule has 0 amide bonds. The van der Waals surface area contributed by atoms with Gasteiger partial charge >= 0.3 is 0 Å². The maximum Gasteiger partial charge on any atom is 0.138 e. The van der Waals surface area contributed by atoms with Crippen molar-refractivity contribution in [3.63, 3.8) is 0 Å². The fourth-order valence-electron chi connectivity index (χ4n) is 2.28. The van der Waals surface area contributed by atoms with E-state index < -0.39 is 5.60 Å². The number of halogens is 1. The number of rotatable bonds is 5. The van der Waals surface area contributed by atoms with Gasteiger partial charge in [0.05, 0.1) is 5.60 Å². The van der Waals surface area contributed by atoms with Crippen LogP contribution in [-0.2, 0) is 12.8 Å². The summed E-state index contributed by atoms with van der Waals surface area (Å²) in [6, 6.07) is 7.78. The van der Waals surface area contributed by atoms with Crippen LogP contribution in [0.1, 0.15) is 38.2 Å². The summed E-state index contributed by atoms with van der Waals surface area (Å²) in [6.45, 7) is 5.92. The number of hydrogen-bond acceptors (Lipinski definition) is 3. The molecule has 108 valence electrons. The maximum absolute atomic E-state index is 10.6. The van der Waals surface area contributed by atoms with Crippen molar-refractivity contribution < 1.29 is 5.11 Å². The Kier molecular flexibility index (Phi) is 4.45. The Morgan fingerprint density at radius 1 is 1.25 bits per heavy atom. The van der Waals surface area contributed by atoms with Gasteiger partial charge in [-0.25, -0.2) is 9.67 Å². The van der Waals surface area contributed by atoms with Gasteiger partial charge in [-0.1, -0.05) is 23.7 Å². The number of aliphatic hydroxyl groups is 1. The monoisotopic (exact) mass is 293 g/mol. The van der Waals surface area contributed by atoms with E-state index in [9.17, 15) is 5.11 Å². The normalized spacial score (nSPS) is 14.5. The van der Waals surface area contributed by atoms with Crippen LogP contribution in [0.5, 0.6) is 0 Å². The first-order valence-electron chi connectivity index (χ1n) is 6.72. The Labute approximate surface area is 124 Å². The summed E-state index contributed by atoms with van der Waals surface area (Å²) in [5.41, 5.74) is 0.183. The molecule has 0 bridgehead atoms. The molecule has 2 rings (SSSR count). The van der Waals surface area contributed by atoms with Crippen molar-refractivity contribution in [2.45, 2.75) is 45.3 Å². The summed E-state index contributed by atoms with van der Waals surface area (Å²) in [4.78, 5) is 4.25. The van der Waals surface area contributed by atoms with Crippen molar-refractivity contribution in [2.24, 2.45) is 0 Å². The lowest BCUT2D eigenvalue weighted by Gasteiger charge is -2.23. The van der Waals surface area contributed by atoms with Gasteiger partial charge in [-0.2, -0.15) is 5.10 Å². The van der Waals surface area contributed by atoms with E-state index in [1.807, 2.05) is 49.7 Å². The summed E-state index contributed by atoms with van der Waals surface area (Å²) in [5, 5.41) is 15.5. The second-order valence-corrected chi connectivity index (χ2v) is 6.13. The van der Waals surface area contributed by atoms with Crippen molar-refractivity contribution in [1.29, 1.82) is 0 Å². The molecule has 0 aliphatic carbocycles. The van der Waals surface area contributed by atoms with Gasteiger partial charge in [0, 0.05) is 23.9 Å². The molecule has 0 spiro atoms. The molecule has 1 aromatic heterocycles. The number of aromatic nitrogens is 3. The molecule has 1 heterocycles. The van der Waals surface area contributed by atoms with Crippen LogP contribution < -0.4 is 0 Å². The van der Waals surface area contributed by atoms with Gasteiger partial charge in [0.2, 0.25) is 0 Å². The first-order chi connectivity index (χ1) is 9.37. The molecule has 0 aliphatic heterocycles. The quantitative estimate of drug-likeness (QED) is 0.922. The van der Waals surface area contributed by atoms with Crippen LogP contribution in [0.25, 0.3) is 0 Å². The first kappa shape index (κ1) is 15.0. The van der Waals surface area contributed by atoms with Crippen molar-refractivity contribution in [2.75, 3.05) is 0 Å². The highest BCUT2D eigenvalue weighted by Gasteiger charge is 2.25. The van der Waals surface area contributed by atoms with Crippen molar-refractivity contribution >= 4 is 11.6 Å². The van der Waals surface area contributed by atoms with E-state index in [0.717, 1.165) is 11.4 Å². The van der Waals surface area contributed by atoms with Crippen LogP contribution in [-0.4, -0.2) is 25.5 Å². The minimum absolute atomic E-state index is 0.235. The molecule has 1 atom stereocenters. The average Bonchev–Trinajstić information content (AvgIpc) is 2.79. The lowest BCUT2D eigenvalue weighted by molar-refractivity contribution is 0.0573. The number of nitrogens with zero attached hydrogens (tertiary/aromatic N) is 3. The number of hydrogen-bond donors (Lipinski definition) is 1. The Bertz CT molecular complexity index is 561. The minimum Gasteiger partial charge on any atom is -0.389 e. The van der Waals surface area contributed by atoms with Gasteiger partial charge < -0.3 is 5.11 Å². The second kappa shape index (κ2) is 5.94. The van der Waals surface area contributed by atoms with E-state index in [2.05, 4.69) is 10.1 Å². The average molecular weight is 294 g/mol. The predicted molar refractivity (Wildman–Crippen MR) is 79.9 cm³/mol. The topological polar surface area (TPSA) is 50.9 Å². The van der Waals surface area contributed by atoms with Crippen LogP contribution in [0.2, 0.25) is 5.02 Å². The summed E-state index contributed by atoms with van der Waals surface area (Å²) < 4.78 is 1.84. The van der Waals surface area contributed by atoms with E-state index in [0.29, 0.717) is 17.9 Å². The highest BCUT2D eigenvalue weighted by molar-refractivity contribution is 6.30. The molecule has 0 saturated heterocycles. The Balaban J connectivity index is 2.10. The van der Waals surface area contributed by atoms with Gasteiger partial charge in [0.25, 0.3) is 0 Å². The summed E-state index contributed by atoms with van der Waals surface area (Å²) >= 11 is 5.87. The van der Waals surface area contributed by atoms with Crippen LogP contribution >= 0.6 is 11.6 Å². The van der Waals surface area contributed by atoms with E-state index >= 15 is 0 Å². The maximum atomic E-state index is 10.6. The fraction of sp³-hybridized carbons (Fsp3) is 0.467. The van der Waals surface area contributed by atoms with Crippen molar-refractivity contribution in [1.82, 2.24) is 14.8 Å². The van der Waals surface area contributed by atoms with Crippen molar-refractivity contribution in [3.8, 4) is 0 Å². The molecule has 1 aromatic carbocycles. The zero-order chi connectivity index (χ0) is 14.8. The lowest BCUT2D eigenvalue weighted by Crippen LogP contribution is -2.32. The molecule has 0 fully saturated rings. The van der Waals surface area contributed by atoms with Crippen LogP contribution in [0, 0.1) is 0 Å². The molecule has 1 unspecified atom stereocenters. The molecule has 0 aliphatic rings. The highest BCUT2D eigenvalue weighted by Crippen LogP contribution is 2.20. The second-order valence-electron chi connectivity index (χ2n) is 5.69. The molecule has 0 saturated carbocycles. The predicted octanol–water partition coefficient (Wildman–Crippen LogP) is 3.05. The lowest BCUT2D eigenvalue weighted by atomic mass is 9.93. The molecule has 4 nitrogen and oxygen atoms in total. The molecule has 20 heavy (non-hydrogen) atoms. The van der Waals surface area contributed by atoms with E-state index in [1.165, 1.54) is 6.33 Å². The molecular formula is C15H20ClN3O. The Morgan fingerprint density at radius 2 is 1.90 bits per heavy atom. The van der Waals surface area contributed by atoms with Gasteiger partial charge in [0.15, 0.2) is 0 Å². The van der Waals surface area contributed by atoms with Crippen LogP contribution in [0.3, 0.4) is 0 Å². The Hall–Kier alpha value is -1.39. The van der Waals surface area contributed by atoms with Crippen LogP contribution in [0.15, 0.2) is 30.6 Å². The first-order valence-corrected chi connectivity index (χ1v) is 7.10. The molecule has 1 N–H and O–H groups in total. The van der Waals surface area contributed by atoms with E-state index in [4.69, 9.17) is 11.6 Å². The van der Waals surface area contributed by atoms with Gasteiger partial charge in [0.1, 0.15) is 12.2 Å². The third-order valence-electron chi connectivity index (χ3n) is 3.17. The SMILES string of the molecule is CC(C)n1ncnc1CC(C)(O)Cc1ccc(Cl)cc1. The summed E-state index contributed by atoms with van der Waals surface area (Å²) in [7, 11) is 0. The summed E-state index contributed by atoms with van der Waals surface area (Å²) in [6.07, 6.45) is 2.55. The third kappa shape index (κ3) is 3.81. The minimum atomic E-state index is -0.868. The van der Waals surface area contributed by atoms with Crippen molar-refractivity contribution in [3.05, 3.63) is 47.0 Å². The molecule has 5 heteroatoms. The molecular weight excluding hydrogens is 274 g/mol. The smallest absolute Gasteiger partial charge is 0.138 e. The third-order valence-corrected chi connectivity index (χ3v) is 3.43.